The van der Waals surface area contributed by atoms with Gasteiger partial charge in [-0.25, -0.2) is 0 Å². The van der Waals surface area contributed by atoms with Crippen LogP contribution in [0.1, 0.15) is 45.4 Å². The third-order valence-electron chi connectivity index (χ3n) is 2.43. The lowest BCUT2D eigenvalue weighted by Crippen LogP contribution is -2.06. The first-order valence-electron chi connectivity index (χ1n) is 5.42. The molecule has 14 heavy (non-hydrogen) atoms. The summed E-state index contributed by atoms with van der Waals surface area (Å²) >= 11 is 0. The maximum Gasteiger partial charge on any atom is 0.305 e. The molecule has 0 aromatic carbocycles. The van der Waals surface area contributed by atoms with E-state index in [9.17, 15) is 4.79 Å². The topological polar surface area (TPSA) is 46.5 Å². The Hall–Kier alpha value is -0.570. The van der Waals surface area contributed by atoms with Gasteiger partial charge in [-0.15, -0.1) is 0 Å². The smallest absolute Gasteiger partial charge is 0.305 e. The Bertz CT molecular complexity index is 145. The van der Waals surface area contributed by atoms with Crippen molar-refractivity contribution in [2.24, 2.45) is 5.92 Å². The Balaban J connectivity index is 3.37. The molecule has 0 spiro atoms. The second kappa shape index (κ2) is 9.00. The Labute approximate surface area is 86.5 Å². The summed E-state index contributed by atoms with van der Waals surface area (Å²) in [4.78, 5) is 10.8. The van der Waals surface area contributed by atoms with Gasteiger partial charge in [-0.3, -0.25) is 4.79 Å². The van der Waals surface area contributed by atoms with E-state index in [2.05, 4.69) is 11.7 Å². The van der Waals surface area contributed by atoms with E-state index in [1.54, 1.807) is 0 Å². The minimum absolute atomic E-state index is 0.138. The number of hydrogen-bond donors (Lipinski definition) is 1. The van der Waals surface area contributed by atoms with Gasteiger partial charge in [0.15, 0.2) is 0 Å². The first-order valence-corrected chi connectivity index (χ1v) is 5.42. The summed E-state index contributed by atoms with van der Waals surface area (Å²) in [6.07, 6.45) is 5.58. The number of methoxy groups -OCH3 is 1. The van der Waals surface area contributed by atoms with Crippen LogP contribution in [-0.4, -0.2) is 24.8 Å². The lowest BCUT2D eigenvalue weighted by molar-refractivity contribution is -0.140. The van der Waals surface area contributed by atoms with Crippen molar-refractivity contribution in [2.75, 3.05) is 13.7 Å². The van der Waals surface area contributed by atoms with E-state index >= 15 is 0 Å². The van der Waals surface area contributed by atoms with Crippen molar-refractivity contribution in [3.8, 4) is 0 Å². The van der Waals surface area contributed by atoms with Crippen LogP contribution in [0, 0.1) is 5.92 Å². The Kier molecular flexibility index (Phi) is 8.64. The number of carbonyl (C=O) groups is 1. The van der Waals surface area contributed by atoms with Gasteiger partial charge < -0.3 is 9.84 Å². The SMILES string of the molecule is CCC[C@@H](CO)CCCCC(=O)OC. The number of esters is 1. The highest BCUT2D eigenvalue weighted by Gasteiger charge is 2.06. The van der Waals surface area contributed by atoms with Crippen LogP contribution < -0.4 is 0 Å². The molecule has 0 fully saturated rings. The standard InChI is InChI=1S/C11H22O3/c1-3-6-10(9-12)7-4-5-8-11(13)14-2/h10,12H,3-9H2,1-2H3/t10-/m1/s1. The molecule has 84 valence electrons. The molecule has 0 aliphatic carbocycles. The number of aliphatic hydroxyl groups excluding tert-OH is 1. The number of unbranched alkanes of at least 4 members (excludes halogenated alkanes) is 1. The molecule has 0 heterocycles. The second-order valence-electron chi connectivity index (χ2n) is 3.66. The van der Waals surface area contributed by atoms with Crippen LogP contribution in [0.3, 0.4) is 0 Å². The van der Waals surface area contributed by atoms with Gasteiger partial charge in [-0.2, -0.15) is 0 Å². The number of ether oxygens (including phenoxy) is 1. The lowest BCUT2D eigenvalue weighted by atomic mass is 9.97. The number of carbonyl (C=O) groups excluding carboxylic acids is 1. The summed E-state index contributed by atoms with van der Waals surface area (Å²) in [5.74, 6) is 0.277. The van der Waals surface area contributed by atoms with Gasteiger partial charge in [-0.05, 0) is 25.2 Å². The summed E-state index contributed by atoms with van der Waals surface area (Å²) in [6, 6.07) is 0. The van der Waals surface area contributed by atoms with Gasteiger partial charge in [-0.1, -0.05) is 19.8 Å². The molecular weight excluding hydrogens is 180 g/mol. The summed E-state index contributed by atoms with van der Waals surface area (Å²) in [5.41, 5.74) is 0. The first-order chi connectivity index (χ1) is 6.74. The van der Waals surface area contributed by atoms with Crippen molar-refractivity contribution in [3.63, 3.8) is 0 Å². The molecule has 0 saturated carbocycles. The first kappa shape index (κ1) is 13.4. The third kappa shape index (κ3) is 6.89. The zero-order valence-corrected chi connectivity index (χ0v) is 9.29. The molecule has 0 aromatic heterocycles. The van der Waals surface area contributed by atoms with E-state index in [4.69, 9.17) is 5.11 Å². The minimum Gasteiger partial charge on any atom is -0.469 e. The zero-order chi connectivity index (χ0) is 10.8. The maximum atomic E-state index is 10.8. The monoisotopic (exact) mass is 202 g/mol. The van der Waals surface area contributed by atoms with Crippen LogP contribution >= 0.6 is 0 Å². The number of hydrogen-bond acceptors (Lipinski definition) is 3. The van der Waals surface area contributed by atoms with E-state index in [0.29, 0.717) is 12.3 Å². The molecule has 0 aliphatic rings. The van der Waals surface area contributed by atoms with Crippen LogP contribution in [0.15, 0.2) is 0 Å². The lowest BCUT2D eigenvalue weighted by Gasteiger charge is -2.11. The fourth-order valence-electron chi connectivity index (χ4n) is 1.54. The van der Waals surface area contributed by atoms with E-state index in [0.717, 1.165) is 32.1 Å². The van der Waals surface area contributed by atoms with Crippen LogP contribution in [-0.2, 0) is 9.53 Å². The molecule has 0 unspecified atom stereocenters. The zero-order valence-electron chi connectivity index (χ0n) is 9.29. The maximum absolute atomic E-state index is 10.8. The van der Waals surface area contributed by atoms with E-state index in [1.165, 1.54) is 7.11 Å². The summed E-state index contributed by atoms with van der Waals surface area (Å²) < 4.78 is 4.54. The number of aliphatic hydroxyl groups is 1. The van der Waals surface area contributed by atoms with Crippen molar-refractivity contribution < 1.29 is 14.6 Å². The van der Waals surface area contributed by atoms with Crippen molar-refractivity contribution >= 4 is 5.97 Å². The third-order valence-corrected chi connectivity index (χ3v) is 2.43. The van der Waals surface area contributed by atoms with E-state index in [1.807, 2.05) is 0 Å². The van der Waals surface area contributed by atoms with Gasteiger partial charge in [0.05, 0.1) is 7.11 Å². The van der Waals surface area contributed by atoms with Crippen LogP contribution in [0.5, 0.6) is 0 Å². The highest BCUT2D eigenvalue weighted by Crippen LogP contribution is 2.14. The molecule has 0 saturated heterocycles. The predicted molar refractivity (Wildman–Crippen MR) is 56.0 cm³/mol. The minimum atomic E-state index is -0.138. The fraction of sp³-hybridized carbons (Fsp3) is 0.909. The van der Waals surface area contributed by atoms with Gasteiger partial charge in [0, 0.05) is 13.0 Å². The molecular formula is C11H22O3. The molecule has 0 aromatic rings. The van der Waals surface area contributed by atoms with Crippen molar-refractivity contribution in [1.29, 1.82) is 0 Å². The molecule has 0 aliphatic heterocycles. The molecule has 0 amide bonds. The Morgan fingerprint density at radius 2 is 2.07 bits per heavy atom. The quantitative estimate of drug-likeness (QED) is 0.484. The summed E-state index contributed by atoms with van der Waals surface area (Å²) in [7, 11) is 1.41. The highest BCUT2D eigenvalue weighted by atomic mass is 16.5. The fourth-order valence-corrected chi connectivity index (χ4v) is 1.54. The Morgan fingerprint density at radius 3 is 2.57 bits per heavy atom. The summed E-state index contributed by atoms with van der Waals surface area (Å²) in [5, 5.41) is 9.02. The average Bonchev–Trinajstić information content (AvgIpc) is 2.22. The van der Waals surface area contributed by atoms with Crippen molar-refractivity contribution in [3.05, 3.63) is 0 Å². The van der Waals surface area contributed by atoms with Crippen LogP contribution in [0.2, 0.25) is 0 Å². The van der Waals surface area contributed by atoms with E-state index < -0.39 is 0 Å². The molecule has 0 bridgehead atoms. The normalized spacial score (nSPS) is 12.5. The molecule has 1 atom stereocenters. The average molecular weight is 202 g/mol. The van der Waals surface area contributed by atoms with Crippen LogP contribution in [0.25, 0.3) is 0 Å². The van der Waals surface area contributed by atoms with Crippen molar-refractivity contribution in [2.45, 2.75) is 45.4 Å². The molecule has 3 nitrogen and oxygen atoms in total. The second-order valence-corrected chi connectivity index (χ2v) is 3.66. The Morgan fingerprint density at radius 1 is 1.36 bits per heavy atom. The molecule has 0 rings (SSSR count). The van der Waals surface area contributed by atoms with Gasteiger partial charge in [0.25, 0.3) is 0 Å². The molecule has 3 heteroatoms. The largest absolute Gasteiger partial charge is 0.469 e. The molecule has 0 radical (unpaired) electrons. The molecule has 1 N–H and O–H groups in total. The van der Waals surface area contributed by atoms with Gasteiger partial charge >= 0.3 is 5.97 Å². The van der Waals surface area contributed by atoms with Crippen LogP contribution in [0.4, 0.5) is 0 Å². The highest BCUT2D eigenvalue weighted by molar-refractivity contribution is 5.68. The van der Waals surface area contributed by atoms with E-state index in [-0.39, 0.29) is 12.6 Å². The van der Waals surface area contributed by atoms with Crippen molar-refractivity contribution in [1.82, 2.24) is 0 Å². The summed E-state index contributed by atoms with van der Waals surface area (Å²) in [6.45, 7) is 2.39. The van der Waals surface area contributed by atoms with Gasteiger partial charge in [0.1, 0.15) is 0 Å². The number of rotatable bonds is 8. The van der Waals surface area contributed by atoms with Gasteiger partial charge in [0.2, 0.25) is 0 Å². The predicted octanol–water partition coefficient (Wildman–Crippen LogP) is 2.13.